The molecule has 1 aliphatic rings. The van der Waals surface area contributed by atoms with E-state index in [4.69, 9.17) is 0 Å². The van der Waals surface area contributed by atoms with Gasteiger partial charge < -0.3 is 0 Å². The summed E-state index contributed by atoms with van der Waals surface area (Å²) in [7, 11) is 0. The Morgan fingerprint density at radius 1 is 1.35 bits per heavy atom. The molecule has 0 radical (unpaired) electrons. The fraction of sp³-hybridized carbons (Fsp3) is 0.400. The summed E-state index contributed by atoms with van der Waals surface area (Å²) in [6.45, 7) is 10.0. The molecule has 0 saturated carbocycles. The van der Waals surface area contributed by atoms with Gasteiger partial charge in [0.2, 0.25) is 0 Å². The van der Waals surface area contributed by atoms with Gasteiger partial charge in [-0.05, 0) is 55.1 Å². The molecule has 0 heterocycles. The van der Waals surface area contributed by atoms with E-state index in [0.717, 1.165) is 12.8 Å². The summed E-state index contributed by atoms with van der Waals surface area (Å²) >= 11 is 0. The van der Waals surface area contributed by atoms with Crippen molar-refractivity contribution in [3.8, 4) is 0 Å². The van der Waals surface area contributed by atoms with Gasteiger partial charge in [0.05, 0.1) is 0 Å². The van der Waals surface area contributed by atoms with E-state index in [9.17, 15) is 0 Å². The van der Waals surface area contributed by atoms with Crippen LogP contribution in [0, 0.1) is 5.92 Å². The third kappa shape index (κ3) is 3.50. The Bertz CT molecular complexity index is 493. The minimum atomic E-state index is 0.462. The molecular weight excluding hydrogens is 240 g/mol. The minimum absolute atomic E-state index is 0.462. The minimum Gasteiger partial charge on any atom is -0.103 e. The molecule has 0 heteroatoms. The second-order valence-electron chi connectivity index (χ2n) is 5.82. The van der Waals surface area contributed by atoms with Gasteiger partial charge in [-0.1, -0.05) is 55.0 Å². The Balaban J connectivity index is 2.19. The van der Waals surface area contributed by atoms with E-state index in [2.05, 4.69) is 56.5 Å². The van der Waals surface area contributed by atoms with E-state index in [-0.39, 0.29) is 0 Å². The van der Waals surface area contributed by atoms with Crippen LogP contribution in [0.25, 0.3) is 0 Å². The Hall–Kier alpha value is -1.56. The van der Waals surface area contributed by atoms with E-state index >= 15 is 0 Å². The van der Waals surface area contributed by atoms with Crippen LogP contribution in [0.15, 0.2) is 61.2 Å². The highest BCUT2D eigenvalue weighted by atomic mass is 14.3. The van der Waals surface area contributed by atoms with Crippen molar-refractivity contribution in [3.63, 3.8) is 0 Å². The first-order valence-electron chi connectivity index (χ1n) is 7.76. The fourth-order valence-electron chi connectivity index (χ4n) is 3.19. The number of hydrogen-bond acceptors (Lipinski definition) is 0. The van der Waals surface area contributed by atoms with Gasteiger partial charge in [-0.3, -0.25) is 0 Å². The molecule has 0 aromatic heterocycles. The molecule has 0 nitrogen and oxygen atoms in total. The molecule has 0 amide bonds. The van der Waals surface area contributed by atoms with E-state index in [1.54, 1.807) is 11.1 Å². The molecule has 2 unspecified atom stereocenters. The first-order chi connectivity index (χ1) is 9.76. The molecule has 0 fully saturated rings. The average Bonchev–Trinajstić information content (AvgIpc) is 2.50. The molecule has 1 aromatic rings. The van der Waals surface area contributed by atoms with Crippen molar-refractivity contribution < 1.29 is 0 Å². The summed E-state index contributed by atoms with van der Waals surface area (Å²) in [6, 6.07) is 8.97. The second kappa shape index (κ2) is 7.28. The predicted molar refractivity (Wildman–Crippen MR) is 89.0 cm³/mol. The topological polar surface area (TPSA) is 0 Å². The summed E-state index contributed by atoms with van der Waals surface area (Å²) in [6.07, 6.45) is 12.4. The lowest BCUT2D eigenvalue weighted by Crippen LogP contribution is -2.12. The van der Waals surface area contributed by atoms with Gasteiger partial charge in [0, 0.05) is 0 Å². The number of aryl methyl sites for hydroxylation is 1. The van der Waals surface area contributed by atoms with E-state index in [1.165, 1.54) is 24.8 Å². The molecule has 0 spiro atoms. The number of allylic oxidation sites excluding steroid dienone is 4. The van der Waals surface area contributed by atoms with E-state index < -0.39 is 0 Å². The summed E-state index contributed by atoms with van der Waals surface area (Å²) in [5, 5.41) is 0. The Labute approximate surface area is 123 Å². The highest BCUT2D eigenvalue weighted by molar-refractivity contribution is 5.34. The van der Waals surface area contributed by atoms with Crippen LogP contribution >= 0.6 is 0 Å². The van der Waals surface area contributed by atoms with Crippen LogP contribution in [0.5, 0.6) is 0 Å². The lowest BCUT2D eigenvalue weighted by atomic mass is 9.77. The van der Waals surface area contributed by atoms with Crippen molar-refractivity contribution in [1.29, 1.82) is 0 Å². The molecule has 106 valence electrons. The standard InChI is InChI=1S/C20H26/c1-4-6-10-18(16(3)5-2)15-19-13-9-12-17-11-7-8-14-20(17)19/h4-5,7-8,10-11,14,16,19H,1-2,6,9,12-13,15H2,3H3. The lowest BCUT2D eigenvalue weighted by molar-refractivity contribution is 0.534. The first-order valence-corrected chi connectivity index (χ1v) is 7.76. The monoisotopic (exact) mass is 266 g/mol. The zero-order valence-electron chi connectivity index (χ0n) is 12.6. The van der Waals surface area contributed by atoms with Crippen molar-refractivity contribution in [1.82, 2.24) is 0 Å². The van der Waals surface area contributed by atoms with Gasteiger partial charge in [0.15, 0.2) is 0 Å². The van der Waals surface area contributed by atoms with Crippen LogP contribution < -0.4 is 0 Å². The normalized spacial score (nSPS) is 20.1. The molecule has 1 aliphatic carbocycles. The smallest absolute Gasteiger partial charge is 0.00540 e. The van der Waals surface area contributed by atoms with Crippen LogP contribution in [-0.2, 0) is 6.42 Å². The molecule has 0 bridgehead atoms. The zero-order valence-corrected chi connectivity index (χ0v) is 12.6. The van der Waals surface area contributed by atoms with Crippen LogP contribution in [0.2, 0.25) is 0 Å². The maximum Gasteiger partial charge on any atom is -0.00540 e. The third-order valence-corrected chi connectivity index (χ3v) is 4.46. The molecule has 0 N–H and O–H groups in total. The largest absolute Gasteiger partial charge is 0.103 e. The molecule has 0 aliphatic heterocycles. The maximum absolute atomic E-state index is 3.96. The fourth-order valence-corrected chi connectivity index (χ4v) is 3.19. The van der Waals surface area contributed by atoms with Crippen LogP contribution in [0.4, 0.5) is 0 Å². The summed E-state index contributed by atoms with van der Waals surface area (Å²) < 4.78 is 0. The van der Waals surface area contributed by atoms with Gasteiger partial charge in [0.1, 0.15) is 0 Å². The van der Waals surface area contributed by atoms with Crippen molar-refractivity contribution in [3.05, 3.63) is 72.4 Å². The zero-order chi connectivity index (χ0) is 14.4. The molecule has 2 rings (SSSR count). The van der Waals surface area contributed by atoms with E-state index in [1.807, 2.05) is 6.08 Å². The van der Waals surface area contributed by atoms with Gasteiger partial charge in [-0.2, -0.15) is 0 Å². The van der Waals surface area contributed by atoms with Crippen LogP contribution in [0.3, 0.4) is 0 Å². The number of fused-ring (bicyclic) bond motifs is 1. The van der Waals surface area contributed by atoms with Gasteiger partial charge >= 0.3 is 0 Å². The van der Waals surface area contributed by atoms with Crippen molar-refractivity contribution in [2.45, 2.75) is 44.9 Å². The molecule has 2 atom stereocenters. The van der Waals surface area contributed by atoms with Gasteiger partial charge in [-0.25, -0.2) is 0 Å². The SMILES string of the molecule is C=CCC=C(CC1CCCc2ccccc21)C(C)C=C. The van der Waals surface area contributed by atoms with Crippen molar-refractivity contribution in [2.75, 3.05) is 0 Å². The molecule has 1 aromatic carbocycles. The summed E-state index contributed by atoms with van der Waals surface area (Å²) in [5.41, 5.74) is 4.64. The second-order valence-corrected chi connectivity index (χ2v) is 5.82. The average molecular weight is 266 g/mol. The Kier molecular flexibility index (Phi) is 5.40. The van der Waals surface area contributed by atoms with Crippen LogP contribution in [0.1, 0.15) is 49.7 Å². The summed E-state index contributed by atoms with van der Waals surface area (Å²) in [5.74, 6) is 1.14. The Morgan fingerprint density at radius 3 is 2.90 bits per heavy atom. The van der Waals surface area contributed by atoms with Gasteiger partial charge in [0.25, 0.3) is 0 Å². The Morgan fingerprint density at radius 2 is 2.15 bits per heavy atom. The number of rotatable bonds is 6. The van der Waals surface area contributed by atoms with Crippen LogP contribution in [-0.4, -0.2) is 0 Å². The first kappa shape index (κ1) is 14.8. The predicted octanol–water partition coefficient (Wildman–Crippen LogP) is 5.82. The highest BCUT2D eigenvalue weighted by Crippen LogP contribution is 2.37. The van der Waals surface area contributed by atoms with Gasteiger partial charge in [-0.15, -0.1) is 13.2 Å². The number of benzene rings is 1. The lowest BCUT2D eigenvalue weighted by Gasteiger charge is -2.27. The quantitative estimate of drug-likeness (QED) is 0.569. The molecule has 0 saturated heterocycles. The molecular formula is C20H26. The van der Waals surface area contributed by atoms with Crippen molar-refractivity contribution >= 4 is 0 Å². The third-order valence-electron chi connectivity index (χ3n) is 4.46. The maximum atomic E-state index is 3.96. The van der Waals surface area contributed by atoms with E-state index in [0.29, 0.717) is 11.8 Å². The summed E-state index contributed by atoms with van der Waals surface area (Å²) in [4.78, 5) is 0. The number of hydrogen-bond donors (Lipinski definition) is 0. The molecule has 20 heavy (non-hydrogen) atoms. The highest BCUT2D eigenvalue weighted by Gasteiger charge is 2.21. The van der Waals surface area contributed by atoms with Crippen molar-refractivity contribution in [2.24, 2.45) is 5.92 Å².